The molecule has 0 aliphatic heterocycles. The minimum atomic E-state index is -0.663. The first kappa shape index (κ1) is 82.3. The van der Waals surface area contributed by atoms with E-state index >= 15 is 0 Å². The van der Waals surface area contributed by atoms with Crippen molar-refractivity contribution in [2.45, 2.75) is 13.8 Å². The molecular weight excluding hydrogens is 1600 g/mol. The van der Waals surface area contributed by atoms with Gasteiger partial charge in [-0.3, -0.25) is 29.7 Å². The molecule has 0 aliphatic carbocycles. The first-order chi connectivity index (χ1) is 61.2. The first-order valence-electron chi connectivity index (χ1n) is 38.9. The van der Waals surface area contributed by atoms with Crippen LogP contribution in [-0.2, 0) is 4.79 Å². The van der Waals surface area contributed by atoms with Crippen molar-refractivity contribution in [3.05, 3.63) is 352 Å². The van der Waals surface area contributed by atoms with E-state index in [-0.39, 0.29) is 28.6 Å². The molecule has 614 valence electrons. The van der Waals surface area contributed by atoms with Gasteiger partial charge in [0.15, 0.2) is 0 Å². The van der Waals surface area contributed by atoms with Crippen molar-refractivity contribution in [2.24, 2.45) is 0 Å². The Morgan fingerprint density at radius 2 is 0.627 bits per heavy atom. The van der Waals surface area contributed by atoms with E-state index in [1.807, 2.05) is 171 Å². The zero-order valence-electron chi connectivity index (χ0n) is 66.9. The summed E-state index contributed by atoms with van der Waals surface area (Å²) in [5.74, 6) is -0.489. The Hall–Kier alpha value is -17.4. The number of rotatable bonds is 11. The number of halogens is 5. The number of nitrogen functional groups attached to an aromatic ring is 5. The Bertz CT molecular complexity index is 7520. The number of phenolic OH excluding ortho intramolecular Hbond substituents is 1. The molecule has 0 unspecified atom stereocenters. The summed E-state index contributed by atoms with van der Waals surface area (Å²) < 4.78 is 69.1. The summed E-state index contributed by atoms with van der Waals surface area (Å²) in [5.41, 5.74) is 49.7. The number of carbonyl (C=O) groups excluding carboxylic acids is 1. The van der Waals surface area contributed by atoms with Gasteiger partial charge in [-0.15, -0.1) is 0 Å². The van der Waals surface area contributed by atoms with Crippen molar-refractivity contribution in [1.82, 2.24) is 74.8 Å². The van der Waals surface area contributed by atoms with Crippen molar-refractivity contribution in [3.8, 4) is 118 Å². The highest BCUT2D eigenvalue weighted by atomic mass is 19.1. The highest BCUT2D eigenvalue weighted by Crippen LogP contribution is 2.41. The lowest BCUT2D eigenvalue weighted by molar-refractivity contribution is -0.114. The maximum atomic E-state index is 14.2. The first-order valence-corrected chi connectivity index (χ1v) is 38.9. The lowest BCUT2D eigenvalue weighted by atomic mass is 9.97. The van der Waals surface area contributed by atoms with Crippen LogP contribution in [0.1, 0.15) is 12.5 Å². The van der Waals surface area contributed by atoms with E-state index in [0.717, 1.165) is 152 Å². The van der Waals surface area contributed by atoms with Gasteiger partial charge in [-0.05, 0) is 204 Å². The maximum Gasteiger partial charge on any atom is 0.221 e. The third-order valence-corrected chi connectivity index (χ3v) is 20.2. The molecule has 23 nitrogen and oxygen atoms in total. The second-order valence-electron chi connectivity index (χ2n) is 28.5. The fraction of sp³-hybridized carbons (Fsp3) is 0.0204. The van der Waals surface area contributed by atoms with Gasteiger partial charge in [-0.25, -0.2) is 71.8 Å². The zero-order chi connectivity index (χ0) is 87.5. The smallest absolute Gasteiger partial charge is 0.221 e. The fourth-order valence-electron chi connectivity index (χ4n) is 14.4. The standard InChI is InChI=1S/C21H17N5O.C20H15FN4.2C19H12F2N4.C19H14N4O/c1-13(27)26-16-5-2-4-15(10-16)20-17(6-3-9-23-20)14-7-8-19-18(11-14)21(22)25-12-24-19;1-12-7-14(9-15(21)8-12)19-16(3-2-6-23-19)13-4-5-18-17(10-13)20(22)25-11-24-18;20-12-4-5-16(21)14(9-12)18-13(2-1-7-23-18)11-3-6-17-15(8-11)19(22)25-10-24-17;20-12-4-5-14(16(21)9-12)18-13(2-1-7-23-18)11-3-6-17-15(8-11)19(22)25-10-24-17;20-19-16-10-12(6-7-17(16)22-11-23-19)15-5-2-8-21-18(15)13-3-1-4-14(24)9-13/h2-12H,1H3,(H,26,27)(H2,22,24,25);2-11H,1H3,(H2,22,24,25);2*1-10H,(H2,22,24,25);1-11,24H,(H2,20,22,23). The molecule has 10 heterocycles. The minimum absolute atomic E-state index is 0.105. The van der Waals surface area contributed by atoms with Crippen LogP contribution in [0, 0.1) is 36.0 Å². The van der Waals surface area contributed by atoms with Gasteiger partial charge in [0.1, 0.15) is 95.6 Å². The van der Waals surface area contributed by atoms with Crippen molar-refractivity contribution in [3.63, 3.8) is 0 Å². The Morgan fingerprint density at radius 1 is 0.278 bits per heavy atom. The number of aryl methyl sites for hydroxylation is 1. The molecule has 126 heavy (non-hydrogen) atoms. The molecule has 0 aliphatic rings. The molecule has 20 aromatic rings. The molecule has 28 heteroatoms. The number of nitrogens with two attached hydrogens (primary N) is 5. The van der Waals surface area contributed by atoms with E-state index in [0.29, 0.717) is 67.9 Å². The third-order valence-electron chi connectivity index (χ3n) is 20.2. The molecular formula is C98H70F5N21O2. The van der Waals surface area contributed by atoms with E-state index in [9.17, 15) is 31.9 Å². The van der Waals surface area contributed by atoms with Crippen LogP contribution >= 0.6 is 0 Å². The molecule has 0 atom stereocenters. The number of hydrogen-bond acceptors (Lipinski definition) is 22. The van der Waals surface area contributed by atoms with Gasteiger partial charge in [-0.2, -0.15) is 0 Å². The molecule has 10 aromatic carbocycles. The summed E-state index contributed by atoms with van der Waals surface area (Å²) in [4.78, 5) is 74.7. The van der Waals surface area contributed by atoms with Gasteiger partial charge in [0.2, 0.25) is 5.91 Å². The Kier molecular flexibility index (Phi) is 23.9. The average Bonchev–Trinajstić information content (AvgIpc) is 0.783. The number of amides is 1. The number of aromatic nitrogens is 15. The lowest BCUT2D eigenvalue weighted by Crippen LogP contribution is -2.05. The summed E-state index contributed by atoms with van der Waals surface area (Å²) in [6.45, 7) is 3.35. The van der Waals surface area contributed by atoms with Crippen LogP contribution in [0.2, 0.25) is 0 Å². The highest BCUT2D eigenvalue weighted by Gasteiger charge is 2.20. The number of benzene rings is 10. The van der Waals surface area contributed by atoms with Crippen LogP contribution in [0.3, 0.4) is 0 Å². The number of nitrogens with zero attached hydrogens (tertiary/aromatic N) is 15. The monoisotopic (exact) mass is 1670 g/mol. The maximum absolute atomic E-state index is 14.2. The summed E-state index contributed by atoms with van der Waals surface area (Å²) in [5, 5.41) is 16.3. The van der Waals surface area contributed by atoms with Crippen molar-refractivity contribution in [2.75, 3.05) is 34.0 Å². The number of pyridine rings is 5. The molecule has 10 aromatic heterocycles. The predicted molar refractivity (Wildman–Crippen MR) is 484 cm³/mol. The van der Waals surface area contributed by atoms with Crippen LogP contribution in [0.5, 0.6) is 5.75 Å². The van der Waals surface area contributed by atoms with E-state index in [4.69, 9.17) is 28.7 Å². The van der Waals surface area contributed by atoms with Crippen LogP contribution in [0.25, 0.3) is 166 Å². The SMILES string of the molecule is CC(=O)Nc1cccc(-c2ncccc2-c2ccc3ncnc(N)c3c2)c1.Cc1cc(F)cc(-c2ncccc2-c2ccc3ncnc(N)c3c2)c1.Nc1ncnc2ccc(-c3cccnc3-c3cc(F)ccc3F)cc12.Nc1ncnc2ccc(-c3cccnc3-c3ccc(F)cc3F)cc12.Nc1ncnc2ccc(-c3cccnc3-c3cccc(O)c3)cc12. The Morgan fingerprint density at radius 3 is 1.01 bits per heavy atom. The van der Waals surface area contributed by atoms with Crippen LogP contribution in [0.4, 0.5) is 56.7 Å². The Balaban J connectivity index is 0.000000116. The molecule has 1 amide bonds. The van der Waals surface area contributed by atoms with E-state index in [1.54, 1.807) is 73.4 Å². The summed E-state index contributed by atoms with van der Waals surface area (Å²) in [7, 11) is 0. The van der Waals surface area contributed by atoms with Gasteiger partial charge < -0.3 is 39.1 Å². The van der Waals surface area contributed by atoms with E-state index in [2.05, 4.69) is 80.1 Å². The van der Waals surface area contributed by atoms with Crippen LogP contribution in [-0.4, -0.2) is 85.8 Å². The summed E-state index contributed by atoms with van der Waals surface area (Å²) in [6.07, 6.45) is 15.5. The summed E-state index contributed by atoms with van der Waals surface area (Å²) >= 11 is 0. The normalized spacial score (nSPS) is 10.9. The van der Waals surface area contributed by atoms with Crippen molar-refractivity contribution in [1.29, 1.82) is 0 Å². The molecule has 0 saturated carbocycles. The third kappa shape index (κ3) is 18.3. The van der Waals surface area contributed by atoms with Gasteiger partial charge in [-0.1, -0.05) is 84.9 Å². The minimum Gasteiger partial charge on any atom is -0.508 e. The summed E-state index contributed by atoms with van der Waals surface area (Å²) in [6, 6.07) is 73.6. The number of phenols is 1. The van der Waals surface area contributed by atoms with Crippen molar-refractivity contribution >= 4 is 95.2 Å². The van der Waals surface area contributed by atoms with Crippen LogP contribution in [0.15, 0.2) is 317 Å². The molecule has 20 rings (SSSR count). The fourth-order valence-corrected chi connectivity index (χ4v) is 14.4. The molecule has 0 fully saturated rings. The molecule has 0 spiro atoms. The molecule has 0 radical (unpaired) electrons. The number of hydrogen-bond donors (Lipinski definition) is 7. The predicted octanol–water partition coefficient (Wildman–Crippen LogP) is 20.4. The second kappa shape index (κ2) is 36.7. The second-order valence-corrected chi connectivity index (χ2v) is 28.5. The van der Waals surface area contributed by atoms with Gasteiger partial charge in [0.05, 0.1) is 56.1 Å². The average molecular weight is 1670 g/mol. The number of aromatic hydroxyl groups is 1. The highest BCUT2D eigenvalue weighted by molar-refractivity contribution is 5.99. The van der Waals surface area contributed by atoms with E-state index in [1.165, 1.54) is 62.8 Å². The van der Waals surface area contributed by atoms with Gasteiger partial charge >= 0.3 is 0 Å². The quantitative estimate of drug-likeness (QED) is 0.0591. The number of nitrogens with one attached hydrogen (secondary N) is 1. The van der Waals surface area contributed by atoms with Gasteiger partial charge in [0, 0.05) is 132 Å². The molecule has 0 saturated heterocycles. The molecule has 12 N–H and O–H groups in total. The van der Waals surface area contributed by atoms with Gasteiger partial charge in [0.25, 0.3) is 0 Å². The van der Waals surface area contributed by atoms with E-state index < -0.39 is 23.3 Å². The molecule has 0 bridgehead atoms. The topological polar surface area (TPSA) is 373 Å². The number of carbonyl (C=O) groups is 1. The lowest BCUT2D eigenvalue weighted by Gasteiger charge is -2.11. The number of fused-ring (bicyclic) bond motifs is 5. The van der Waals surface area contributed by atoms with Crippen molar-refractivity contribution < 1.29 is 31.9 Å². The number of anilines is 6. The Labute approximate surface area is 715 Å². The largest absolute Gasteiger partial charge is 0.508 e. The van der Waals surface area contributed by atoms with Crippen LogP contribution < -0.4 is 34.0 Å². The zero-order valence-corrected chi connectivity index (χ0v) is 66.9.